The summed E-state index contributed by atoms with van der Waals surface area (Å²) in [7, 11) is 1.62. The summed E-state index contributed by atoms with van der Waals surface area (Å²) < 4.78 is 21.4. The van der Waals surface area contributed by atoms with Crippen molar-refractivity contribution < 1.29 is 62.7 Å². The fraction of sp³-hybridized carbons (Fsp3) is 0.698. The molecule has 1 aromatic rings. The lowest BCUT2D eigenvalue weighted by molar-refractivity contribution is -0.142. The zero-order valence-corrected chi connectivity index (χ0v) is 35.6. The maximum atomic E-state index is 12.3. The summed E-state index contributed by atoms with van der Waals surface area (Å²) in [6, 6.07) is 5.46. The predicted molar refractivity (Wildman–Crippen MR) is 225 cm³/mol. The zero-order chi connectivity index (χ0) is 44.1. The normalized spacial score (nSPS) is 11.4. The Morgan fingerprint density at radius 3 is 1.55 bits per heavy atom. The van der Waals surface area contributed by atoms with Crippen LogP contribution in [0.1, 0.15) is 126 Å². The monoisotopic (exact) mass is 850 g/mol. The number of hydrogen-bond donors (Lipinski definition) is 5. The Morgan fingerprint density at radius 2 is 1.05 bits per heavy atom. The van der Waals surface area contributed by atoms with Crippen molar-refractivity contribution in [2.45, 2.75) is 122 Å². The highest BCUT2D eigenvalue weighted by Gasteiger charge is 2.21. The molecule has 0 saturated heterocycles. The molecule has 340 valence electrons. The lowest BCUT2D eigenvalue weighted by Gasteiger charge is -2.17. The first-order valence-corrected chi connectivity index (χ1v) is 21.4. The van der Waals surface area contributed by atoms with Gasteiger partial charge in [-0.25, -0.2) is 4.79 Å². The van der Waals surface area contributed by atoms with E-state index in [4.69, 9.17) is 24.1 Å². The summed E-state index contributed by atoms with van der Waals surface area (Å²) in [5.74, 6) is -3.16. The fourth-order valence-corrected chi connectivity index (χ4v) is 5.93. The molecule has 4 amide bonds. The molecule has 5 N–H and O–H groups in total. The predicted octanol–water partition coefficient (Wildman–Crippen LogP) is 4.44. The summed E-state index contributed by atoms with van der Waals surface area (Å²) in [6.45, 7) is 1.42. The third-order valence-corrected chi connectivity index (χ3v) is 9.47. The number of benzene rings is 1. The molecule has 0 aliphatic rings. The van der Waals surface area contributed by atoms with Crippen molar-refractivity contribution in [3.63, 3.8) is 0 Å². The van der Waals surface area contributed by atoms with Gasteiger partial charge < -0.3 is 50.0 Å². The number of nitrogens with one attached hydrogen (secondary N) is 3. The molecule has 0 bridgehead atoms. The Hall–Kier alpha value is -4.45. The highest BCUT2D eigenvalue weighted by molar-refractivity contribution is 5.94. The average Bonchev–Trinajstić information content (AvgIpc) is 3.23. The maximum absolute atomic E-state index is 12.3. The molecule has 1 atom stereocenters. The molecule has 1 rings (SSSR count). The van der Waals surface area contributed by atoms with Crippen molar-refractivity contribution in [3.05, 3.63) is 29.8 Å². The van der Waals surface area contributed by atoms with Crippen LogP contribution in [0, 0.1) is 0 Å². The van der Waals surface area contributed by atoms with E-state index in [-0.39, 0.29) is 115 Å². The molecule has 0 spiro atoms. The second-order valence-corrected chi connectivity index (χ2v) is 14.5. The average molecular weight is 851 g/mol. The molecule has 0 aliphatic heterocycles. The molecule has 0 unspecified atom stereocenters. The molecule has 17 heteroatoms. The number of aliphatic carboxylic acids is 2. The number of amides is 4. The molecule has 0 heterocycles. The number of unbranched alkanes of at least 4 members (excludes halogenated alkanes) is 13. The largest absolute Gasteiger partial charge is 0.481 e. The van der Waals surface area contributed by atoms with E-state index in [0.717, 1.165) is 44.8 Å². The van der Waals surface area contributed by atoms with Crippen LogP contribution in [0.2, 0.25) is 0 Å². The van der Waals surface area contributed by atoms with Gasteiger partial charge in [0.15, 0.2) is 0 Å². The van der Waals surface area contributed by atoms with Gasteiger partial charge in [0.25, 0.3) is 5.91 Å². The molecule has 0 radical (unpaired) electrons. The minimum atomic E-state index is -1.18. The Labute approximate surface area is 355 Å². The molecular weight excluding hydrogens is 780 g/mol. The highest BCUT2D eigenvalue weighted by Crippen LogP contribution is 2.15. The van der Waals surface area contributed by atoms with Gasteiger partial charge in [-0.2, -0.15) is 0 Å². The van der Waals surface area contributed by atoms with Gasteiger partial charge in [0.2, 0.25) is 17.7 Å². The van der Waals surface area contributed by atoms with Crippen molar-refractivity contribution in [2.24, 2.45) is 0 Å². The topological polar surface area (TPSA) is 236 Å². The molecule has 17 nitrogen and oxygen atoms in total. The van der Waals surface area contributed by atoms with Crippen LogP contribution in [0.4, 0.5) is 5.69 Å². The number of anilines is 1. The van der Waals surface area contributed by atoms with Crippen LogP contribution in [0.5, 0.6) is 0 Å². The smallest absolute Gasteiger partial charge is 0.326 e. The van der Waals surface area contributed by atoms with Gasteiger partial charge in [0.05, 0.1) is 39.6 Å². The minimum absolute atomic E-state index is 0.0283. The molecule has 60 heavy (non-hydrogen) atoms. The Bertz CT molecular complexity index is 1360. The van der Waals surface area contributed by atoms with E-state index in [2.05, 4.69) is 16.0 Å². The number of aldehydes is 1. The molecule has 0 fully saturated rings. The first-order valence-electron chi connectivity index (χ1n) is 21.4. The second kappa shape index (κ2) is 36.4. The van der Waals surface area contributed by atoms with Crippen LogP contribution in [-0.4, -0.2) is 131 Å². The van der Waals surface area contributed by atoms with E-state index >= 15 is 0 Å². The van der Waals surface area contributed by atoms with E-state index in [1.807, 2.05) is 0 Å². The van der Waals surface area contributed by atoms with Gasteiger partial charge in [0.1, 0.15) is 25.5 Å². The number of carbonyl (C=O) groups excluding carboxylic acids is 5. The van der Waals surface area contributed by atoms with Gasteiger partial charge in [-0.15, -0.1) is 0 Å². The third kappa shape index (κ3) is 30.6. The summed E-state index contributed by atoms with van der Waals surface area (Å²) in [4.78, 5) is 83.1. The van der Waals surface area contributed by atoms with Gasteiger partial charge in [-0.05, 0) is 43.5 Å². The lowest BCUT2D eigenvalue weighted by Crippen LogP contribution is -2.41. The van der Waals surface area contributed by atoms with E-state index < -0.39 is 18.0 Å². The number of hydrogen-bond acceptors (Lipinski definition) is 11. The number of carboxylic acids is 2. The van der Waals surface area contributed by atoms with Gasteiger partial charge in [-0.3, -0.25) is 28.8 Å². The van der Waals surface area contributed by atoms with Gasteiger partial charge >= 0.3 is 11.9 Å². The van der Waals surface area contributed by atoms with Crippen molar-refractivity contribution in [1.29, 1.82) is 0 Å². The molecule has 0 aromatic heterocycles. The van der Waals surface area contributed by atoms with Gasteiger partial charge in [-0.1, -0.05) is 77.0 Å². The van der Waals surface area contributed by atoms with E-state index in [1.54, 1.807) is 31.3 Å². The molecule has 1 aromatic carbocycles. The number of likely N-dealkylation sites (N-methyl/N-ethyl adjacent to an activating group) is 1. The van der Waals surface area contributed by atoms with Crippen LogP contribution in [0.25, 0.3) is 0 Å². The van der Waals surface area contributed by atoms with Gasteiger partial charge in [0, 0.05) is 50.7 Å². The van der Waals surface area contributed by atoms with Crippen molar-refractivity contribution in [1.82, 2.24) is 16.0 Å². The summed E-state index contributed by atoms with van der Waals surface area (Å²) in [5.41, 5.74) is 1.16. The summed E-state index contributed by atoms with van der Waals surface area (Å²) in [5, 5.41) is 26.0. The minimum Gasteiger partial charge on any atom is -0.481 e. The van der Waals surface area contributed by atoms with E-state index in [0.29, 0.717) is 17.7 Å². The van der Waals surface area contributed by atoms with Crippen LogP contribution < -0.4 is 20.9 Å². The third-order valence-electron chi connectivity index (χ3n) is 9.47. The summed E-state index contributed by atoms with van der Waals surface area (Å²) >= 11 is 0. The number of nitrogens with zero attached hydrogens (tertiary/aromatic N) is 1. The SMILES string of the molecule is CN(C(=O)COCCOCCNC(=O)COCCOCCNC(=O)CC[C@H](NC(=O)CCCCCCCCCCCCCCCCC(=O)O)C(=O)O)c1ccc(C=O)cc1. The van der Waals surface area contributed by atoms with Crippen LogP contribution in [-0.2, 0) is 47.7 Å². The number of ether oxygens (including phenoxy) is 4. The summed E-state index contributed by atoms with van der Waals surface area (Å²) in [6.07, 6.45) is 16.2. The molecule has 0 aliphatic carbocycles. The fourth-order valence-electron chi connectivity index (χ4n) is 5.93. The quantitative estimate of drug-likeness (QED) is 0.0455. The molecular formula is C43H70N4O13. The Morgan fingerprint density at radius 1 is 0.583 bits per heavy atom. The number of carboxylic acid groups (broad SMARTS) is 2. The van der Waals surface area contributed by atoms with E-state index in [1.165, 1.54) is 49.8 Å². The van der Waals surface area contributed by atoms with Crippen LogP contribution in [0.15, 0.2) is 24.3 Å². The second-order valence-electron chi connectivity index (χ2n) is 14.5. The van der Waals surface area contributed by atoms with E-state index in [9.17, 15) is 38.7 Å². The maximum Gasteiger partial charge on any atom is 0.326 e. The Balaban J connectivity index is 1.93. The number of rotatable bonds is 40. The van der Waals surface area contributed by atoms with Crippen LogP contribution in [0.3, 0.4) is 0 Å². The van der Waals surface area contributed by atoms with Crippen LogP contribution >= 0.6 is 0 Å². The van der Waals surface area contributed by atoms with Crippen molar-refractivity contribution in [2.75, 3.05) is 77.9 Å². The number of carbonyl (C=O) groups is 7. The first-order chi connectivity index (χ1) is 29.0. The first kappa shape index (κ1) is 53.6. The van der Waals surface area contributed by atoms with Crippen molar-refractivity contribution in [3.8, 4) is 0 Å². The molecule has 0 saturated carbocycles. The standard InChI is InChI=1S/C43H70N4O13/c1-47(36-20-18-35(32-48)19-21-36)41(52)34-60-31-29-58-27-25-45-40(51)33-59-30-28-57-26-24-44-38(49)23-22-37(43(55)56)46-39(50)16-14-12-10-8-6-4-2-3-5-7-9-11-13-15-17-42(53)54/h18-21,32,37H,2-17,22-31,33-34H2,1H3,(H,44,49)(H,45,51)(H,46,50)(H,53,54)(H,55,56)/t37-/m0/s1. The lowest BCUT2D eigenvalue weighted by atomic mass is 10.0. The zero-order valence-electron chi connectivity index (χ0n) is 35.6. The van der Waals surface area contributed by atoms with Crippen molar-refractivity contribution >= 4 is 47.5 Å². The highest BCUT2D eigenvalue weighted by atomic mass is 16.5. The Kier molecular flexibility index (Phi) is 32.5.